The van der Waals surface area contributed by atoms with E-state index in [9.17, 15) is 4.79 Å². The molecule has 1 amide bonds. The van der Waals surface area contributed by atoms with E-state index in [2.05, 4.69) is 36.5 Å². The Morgan fingerprint density at radius 1 is 0.900 bits per heavy atom. The van der Waals surface area contributed by atoms with Crippen LogP contribution in [0.15, 0.2) is 66.7 Å². The first kappa shape index (κ1) is 27.2. The number of hydrogen-bond acceptors (Lipinski definition) is 7. The lowest BCUT2D eigenvalue weighted by Crippen LogP contribution is -2.27. The fraction of sp³-hybridized carbons (Fsp3) is 0.290. The van der Waals surface area contributed by atoms with Gasteiger partial charge in [-0.05, 0) is 36.1 Å². The normalized spacial score (nSPS) is 12.3. The smallest absolute Gasteiger partial charge is 0.260 e. The maximum Gasteiger partial charge on any atom is 0.260 e. The topological polar surface area (TPSA) is 87.1 Å². The molecule has 4 aromatic rings. The summed E-state index contributed by atoms with van der Waals surface area (Å²) in [5.74, 6) is 1.41. The van der Waals surface area contributed by atoms with Crippen LogP contribution in [0.25, 0.3) is 0 Å². The molecular formula is C31H34N4O5. The molecular weight excluding hydrogens is 508 g/mol. The molecule has 0 atom stereocenters. The van der Waals surface area contributed by atoms with Crippen LogP contribution in [0.2, 0.25) is 0 Å². The van der Waals surface area contributed by atoms with E-state index in [0.29, 0.717) is 42.4 Å². The molecule has 1 aromatic heterocycles. The molecule has 208 valence electrons. The minimum Gasteiger partial charge on any atom is -0.467 e. The Balaban J connectivity index is 1.55. The van der Waals surface area contributed by atoms with Gasteiger partial charge in [-0.15, -0.1) is 0 Å². The molecule has 5 rings (SSSR count). The average Bonchev–Trinajstić information content (AvgIpc) is 3.54. The van der Waals surface area contributed by atoms with E-state index < -0.39 is 0 Å². The highest BCUT2D eigenvalue weighted by molar-refractivity contribution is 6.03. The number of nitrogens with one attached hydrogen (secondary N) is 1. The van der Waals surface area contributed by atoms with Gasteiger partial charge in [0.05, 0.1) is 17.9 Å². The van der Waals surface area contributed by atoms with E-state index in [1.165, 1.54) is 12.7 Å². The second kappa shape index (κ2) is 12.2. The zero-order valence-corrected chi connectivity index (χ0v) is 23.3. The van der Waals surface area contributed by atoms with Gasteiger partial charge < -0.3 is 29.2 Å². The van der Waals surface area contributed by atoms with Crippen LogP contribution in [0.1, 0.15) is 38.3 Å². The van der Waals surface area contributed by atoms with Gasteiger partial charge in [0.15, 0.2) is 13.6 Å². The van der Waals surface area contributed by atoms with E-state index in [0.717, 1.165) is 28.2 Å². The Labute approximate surface area is 234 Å². The molecule has 0 saturated carbocycles. The summed E-state index contributed by atoms with van der Waals surface area (Å²) in [6.45, 7) is 5.65. The molecule has 0 fully saturated rings. The molecule has 2 heterocycles. The summed E-state index contributed by atoms with van der Waals surface area (Å²) in [6, 6.07) is 21.7. The minimum absolute atomic E-state index is 0.0298. The molecule has 0 saturated heterocycles. The van der Waals surface area contributed by atoms with Crippen LogP contribution in [0.5, 0.6) is 11.5 Å². The van der Waals surface area contributed by atoms with Crippen molar-refractivity contribution < 1.29 is 23.7 Å². The number of aromatic nitrogens is 2. The number of hydrogen-bond donors (Lipinski definition) is 1. The first-order valence-electron chi connectivity index (χ1n) is 13.1. The SMILES string of the molecule is COCOc1cc(Nc2cc(C)nn2Cc2ccccc2C)c(C(=O)N2Cc3ccccc3C2)c(OCOC)c1. The molecule has 0 aliphatic carbocycles. The largest absolute Gasteiger partial charge is 0.467 e. The van der Waals surface area contributed by atoms with Gasteiger partial charge in [-0.2, -0.15) is 5.10 Å². The van der Waals surface area contributed by atoms with Crippen LogP contribution >= 0.6 is 0 Å². The van der Waals surface area contributed by atoms with Gasteiger partial charge in [0.1, 0.15) is 22.9 Å². The predicted molar refractivity (Wildman–Crippen MR) is 152 cm³/mol. The van der Waals surface area contributed by atoms with Crippen molar-refractivity contribution in [2.24, 2.45) is 0 Å². The number of rotatable bonds is 11. The number of aryl methyl sites for hydroxylation is 2. The molecule has 0 unspecified atom stereocenters. The van der Waals surface area contributed by atoms with Crippen LogP contribution in [-0.2, 0) is 29.1 Å². The molecule has 40 heavy (non-hydrogen) atoms. The number of fused-ring (bicyclic) bond motifs is 1. The first-order valence-corrected chi connectivity index (χ1v) is 13.1. The quantitative estimate of drug-likeness (QED) is 0.254. The Morgan fingerprint density at radius 3 is 2.27 bits per heavy atom. The molecule has 1 N–H and O–H groups in total. The van der Waals surface area contributed by atoms with Crippen molar-refractivity contribution in [3.05, 3.63) is 100 Å². The number of carbonyl (C=O) groups excluding carboxylic acids is 1. The van der Waals surface area contributed by atoms with E-state index in [1.54, 1.807) is 19.2 Å². The predicted octanol–water partition coefficient (Wildman–Crippen LogP) is 5.41. The minimum atomic E-state index is -0.162. The number of amides is 1. The van der Waals surface area contributed by atoms with Crippen LogP contribution in [-0.4, -0.2) is 48.4 Å². The summed E-state index contributed by atoms with van der Waals surface area (Å²) in [5, 5.41) is 8.19. The lowest BCUT2D eigenvalue weighted by molar-refractivity contribution is 0.0450. The third-order valence-corrected chi connectivity index (χ3v) is 6.84. The maximum atomic E-state index is 14.1. The number of benzene rings is 3. The summed E-state index contributed by atoms with van der Waals surface area (Å²) < 4.78 is 23.9. The summed E-state index contributed by atoms with van der Waals surface area (Å²) in [6.07, 6.45) is 0. The lowest BCUT2D eigenvalue weighted by atomic mass is 10.1. The van der Waals surface area contributed by atoms with Crippen molar-refractivity contribution >= 4 is 17.4 Å². The Bertz CT molecular complexity index is 1470. The van der Waals surface area contributed by atoms with Gasteiger partial charge in [-0.25, -0.2) is 4.68 Å². The molecule has 3 aromatic carbocycles. The van der Waals surface area contributed by atoms with Crippen LogP contribution in [0.3, 0.4) is 0 Å². The molecule has 0 spiro atoms. The van der Waals surface area contributed by atoms with Crippen molar-refractivity contribution in [2.75, 3.05) is 33.1 Å². The van der Waals surface area contributed by atoms with Crippen molar-refractivity contribution in [2.45, 2.75) is 33.5 Å². The van der Waals surface area contributed by atoms with Crippen molar-refractivity contribution in [1.82, 2.24) is 14.7 Å². The van der Waals surface area contributed by atoms with E-state index in [4.69, 9.17) is 24.0 Å². The number of nitrogens with zero attached hydrogens (tertiary/aromatic N) is 3. The molecule has 9 heteroatoms. The Hall–Kier alpha value is -4.34. The number of methoxy groups -OCH3 is 2. The highest BCUT2D eigenvalue weighted by Crippen LogP contribution is 2.37. The van der Waals surface area contributed by atoms with E-state index in [1.807, 2.05) is 46.8 Å². The molecule has 9 nitrogen and oxygen atoms in total. The van der Waals surface area contributed by atoms with Gasteiger partial charge >= 0.3 is 0 Å². The Morgan fingerprint density at radius 2 is 1.57 bits per heavy atom. The van der Waals surface area contributed by atoms with E-state index >= 15 is 0 Å². The summed E-state index contributed by atoms with van der Waals surface area (Å²) in [7, 11) is 3.09. The average molecular weight is 543 g/mol. The van der Waals surface area contributed by atoms with Gasteiger partial charge in [-0.3, -0.25) is 4.79 Å². The molecule has 1 aliphatic rings. The molecule has 0 bridgehead atoms. The third kappa shape index (κ3) is 5.95. The van der Waals surface area contributed by atoms with Crippen molar-refractivity contribution in [1.29, 1.82) is 0 Å². The molecule has 1 aliphatic heterocycles. The van der Waals surface area contributed by atoms with Gasteiger partial charge in [0.25, 0.3) is 5.91 Å². The number of carbonyl (C=O) groups is 1. The lowest BCUT2D eigenvalue weighted by Gasteiger charge is -2.22. The second-order valence-electron chi connectivity index (χ2n) is 9.76. The van der Waals surface area contributed by atoms with Crippen LogP contribution < -0.4 is 14.8 Å². The van der Waals surface area contributed by atoms with Gasteiger partial charge in [-0.1, -0.05) is 48.5 Å². The third-order valence-electron chi connectivity index (χ3n) is 6.84. The number of anilines is 2. The summed E-state index contributed by atoms with van der Waals surface area (Å²) in [5.41, 5.74) is 6.37. The second-order valence-corrected chi connectivity index (χ2v) is 9.76. The summed E-state index contributed by atoms with van der Waals surface area (Å²) in [4.78, 5) is 16.0. The highest BCUT2D eigenvalue weighted by Gasteiger charge is 2.29. The fourth-order valence-corrected chi connectivity index (χ4v) is 4.84. The van der Waals surface area contributed by atoms with Gasteiger partial charge in [0, 0.05) is 45.5 Å². The van der Waals surface area contributed by atoms with Crippen LogP contribution in [0.4, 0.5) is 11.5 Å². The summed E-state index contributed by atoms with van der Waals surface area (Å²) >= 11 is 0. The standard InChI is InChI=1S/C31H34N4O5/c1-21-9-5-6-10-23(21)18-35-29(13-22(2)33-35)32-27-14-26(39-19-37-3)15-28(40-20-38-4)30(27)31(36)34-16-24-11-7-8-12-25(24)17-34/h5-15,32H,16-20H2,1-4H3. The van der Waals surface area contributed by atoms with Crippen LogP contribution in [0, 0.1) is 13.8 Å². The highest BCUT2D eigenvalue weighted by atomic mass is 16.7. The monoisotopic (exact) mass is 542 g/mol. The first-order chi connectivity index (χ1) is 19.5. The van der Waals surface area contributed by atoms with Crippen molar-refractivity contribution in [3.63, 3.8) is 0 Å². The maximum absolute atomic E-state index is 14.1. The fourth-order valence-electron chi connectivity index (χ4n) is 4.84. The van der Waals surface area contributed by atoms with Crippen molar-refractivity contribution in [3.8, 4) is 11.5 Å². The van der Waals surface area contributed by atoms with Gasteiger partial charge in [0.2, 0.25) is 0 Å². The molecule has 0 radical (unpaired) electrons. The number of ether oxygens (including phenoxy) is 4. The van der Waals surface area contributed by atoms with E-state index in [-0.39, 0.29) is 19.5 Å². The zero-order valence-electron chi connectivity index (χ0n) is 23.3. The Kier molecular flexibility index (Phi) is 8.33. The zero-order chi connectivity index (χ0) is 28.1.